The number of furan rings is 1. The van der Waals surface area contributed by atoms with E-state index in [2.05, 4.69) is 12.2 Å². The van der Waals surface area contributed by atoms with Crippen molar-refractivity contribution in [2.24, 2.45) is 0 Å². The third-order valence-corrected chi connectivity index (χ3v) is 2.10. The van der Waals surface area contributed by atoms with Gasteiger partial charge in [-0.05, 0) is 26.0 Å². The van der Waals surface area contributed by atoms with Crippen LogP contribution in [0.15, 0.2) is 16.5 Å². The van der Waals surface area contributed by atoms with Crippen LogP contribution >= 0.6 is 0 Å². The van der Waals surface area contributed by atoms with Gasteiger partial charge in [0.1, 0.15) is 11.5 Å². The molecular formula is C12H21NO2. The van der Waals surface area contributed by atoms with E-state index in [1.165, 1.54) is 0 Å². The van der Waals surface area contributed by atoms with Crippen LogP contribution in [0.5, 0.6) is 0 Å². The van der Waals surface area contributed by atoms with E-state index < -0.39 is 0 Å². The van der Waals surface area contributed by atoms with Crippen LogP contribution < -0.4 is 5.32 Å². The normalized spacial score (nSPS) is 11.2. The van der Waals surface area contributed by atoms with E-state index in [1.807, 2.05) is 26.0 Å². The predicted octanol–water partition coefficient (Wildman–Crippen LogP) is 2.36. The van der Waals surface area contributed by atoms with Crippen LogP contribution in [0.25, 0.3) is 0 Å². The van der Waals surface area contributed by atoms with Crippen LogP contribution in [0.2, 0.25) is 0 Å². The second-order valence-corrected chi connectivity index (χ2v) is 3.82. The van der Waals surface area contributed by atoms with Gasteiger partial charge in [0.2, 0.25) is 0 Å². The molecule has 1 aromatic rings. The van der Waals surface area contributed by atoms with Gasteiger partial charge < -0.3 is 14.5 Å². The lowest BCUT2D eigenvalue weighted by molar-refractivity contribution is 0.0805. The number of rotatable bonds is 7. The minimum Gasteiger partial charge on any atom is -0.465 e. The lowest BCUT2D eigenvalue weighted by Gasteiger charge is -2.07. The number of aryl methyl sites for hydroxylation is 1. The van der Waals surface area contributed by atoms with Gasteiger partial charge in [0.25, 0.3) is 0 Å². The lowest BCUT2D eigenvalue weighted by Crippen LogP contribution is -2.20. The van der Waals surface area contributed by atoms with Crippen molar-refractivity contribution in [1.29, 1.82) is 0 Å². The van der Waals surface area contributed by atoms with Crippen LogP contribution in [0.1, 0.15) is 32.3 Å². The lowest BCUT2D eigenvalue weighted by atomic mass is 10.3. The molecule has 0 saturated carbocycles. The highest BCUT2D eigenvalue weighted by molar-refractivity contribution is 5.06. The van der Waals surface area contributed by atoms with E-state index in [9.17, 15) is 0 Å². The van der Waals surface area contributed by atoms with E-state index >= 15 is 0 Å². The fourth-order valence-electron chi connectivity index (χ4n) is 1.29. The molecule has 3 heteroatoms. The Kier molecular flexibility index (Phi) is 5.43. The molecule has 86 valence electrons. The molecule has 0 atom stereocenters. The van der Waals surface area contributed by atoms with Gasteiger partial charge in [-0.25, -0.2) is 0 Å². The molecule has 0 radical (unpaired) electrons. The maximum absolute atomic E-state index is 5.56. The fraction of sp³-hybridized carbons (Fsp3) is 0.667. The van der Waals surface area contributed by atoms with Gasteiger partial charge in [0.15, 0.2) is 0 Å². The van der Waals surface area contributed by atoms with Gasteiger partial charge in [0.05, 0.1) is 19.3 Å². The third kappa shape index (κ3) is 5.00. The summed E-state index contributed by atoms with van der Waals surface area (Å²) in [5.74, 6) is 2.04. The summed E-state index contributed by atoms with van der Waals surface area (Å²) in [6.45, 7) is 8.56. The first-order valence-corrected chi connectivity index (χ1v) is 5.62. The Morgan fingerprint density at radius 3 is 2.67 bits per heavy atom. The van der Waals surface area contributed by atoms with Gasteiger partial charge in [0, 0.05) is 13.0 Å². The molecule has 0 aliphatic rings. The van der Waals surface area contributed by atoms with Crippen molar-refractivity contribution in [3.8, 4) is 0 Å². The molecule has 0 saturated heterocycles. The molecular weight excluding hydrogens is 190 g/mol. The summed E-state index contributed by atoms with van der Waals surface area (Å²) >= 11 is 0. The Balaban J connectivity index is 2.09. The first kappa shape index (κ1) is 12.3. The van der Waals surface area contributed by atoms with E-state index in [0.717, 1.165) is 37.6 Å². The second-order valence-electron chi connectivity index (χ2n) is 3.82. The number of hydrogen-bond donors (Lipinski definition) is 1. The Morgan fingerprint density at radius 2 is 2.07 bits per heavy atom. The average molecular weight is 211 g/mol. The maximum atomic E-state index is 5.56. The van der Waals surface area contributed by atoms with Gasteiger partial charge >= 0.3 is 0 Å². The standard InChI is InChI=1S/C12H21NO2/c1-4-11-5-6-12(15-11)9-13-7-8-14-10(2)3/h5-6,10,13H,4,7-9H2,1-3H3. The highest BCUT2D eigenvalue weighted by Gasteiger charge is 1.99. The van der Waals surface area contributed by atoms with Crippen molar-refractivity contribution in [1.82, 2.24) is 5.32 Å². The summed E-state index contributed by atoms with van der Waals surface area (Å²) in [5.41, 5.74) is 0. The molecule has 0 aliphatic heterocycles. The molecule has 0 amide bonds. The molecule has 1 heterocycles. The van der Waals surface area contributed by atoms with E-state index in [-0.39, 0.29) is 0 Å². The molecule has 1 aromatic heterocycles. The van der Waals surface area contributed by atoms with Crippen LogP contribution in [0.4, 0.5) is 0 Å². The van der Waals surface area contributed by atoms with Gasteiger partial charge in [-0.2, -0.15) is 0 Å². The van der Waals surface area contributed by atoms with E-state index in [0.29, 0.717) is 6.10 Å². The van der Waals surface area contributed by atoms with Crippen LogP contribution in [-0.4, -0.2) is 19.3 Å². The van der Waals surface area contributed by atoms with Crippen molar-refractivity contribution in [3.05, 3.63) is 23.7 Å². The molecule has 0 aromatic carbocycles. The highest BCUT2D eigenvalue weighted by atomic mass is 16.5. The Bertz CT molecular complexity index is 268. The Morgan fingerprint density at radius 1 is 1.33 bits per heavy atom. The summed E-state index contributed by atoms with van der Waals surface area (Å²) in [6, 6.07) is 4.05. The molecule has 0 aliphatic carbocycles. The van der Waals surface area contributed by atoms with Crippen LogP contribution in [0, 0.1) is 0 Å². The SMILES string of the molecule is CCc1ccc(CNCCOC(C)C)o1. The van der Waals surface area contributed by atoms with E-state index in [1.54, 1.807) is 0 Å². The largest absolute Gasteiger partial charge is 0.465 e. The molecule has 0 spiro atoms. The summed E-state index contributed by atoms with van der Waals surface area (Å²) in [5, 5.41) is 3.28. The smallest absolute Gasteiger partial charge is 0.117 e. The average Bonchev–Trinajstić information content (AvgIpc) is 2.65. The minimum absolute atomic E-state index is 0.308. The predicted molar refractivity (Wildman–Crippen MR) is 60.9 cm³/mol. The first-order chi connectivity index (χ1) is 7.22. The summed E-state index contributed by atoms with van der Waals surface area (Å²) < 4.78 is 11.0. The van der Waals surface area contributed by atoms with Crippen molar-refractivity contribution >= 4 is 0 Å². The third-order valence-electron chi connectivity index (χ3n) is 2.10. The number of nitrogens with one attached hydrogen (secondary N) is 1. The zero-order valence-corrected chi connectivity index (χ0v) is 9.88. The van der Waals surface area contributed by atoms with E-state index in [4.69, 9.17) is 9.15 Å². The zero-order valence-electron chi connectivity index (χ0n) is 9.88. The van der Waals surface area contributed by atoms with Crippen LogP contribution in [0.3, 0.4) is 0 Å². The Labute approximate surface area is 91.8 Å². The molecule has 1 N–H and O–H groups in total. The van der Waals surface area contributed by atoms with Crippen molar-refractivity contribution in [2.75, 3.05) is 13.2 Å². The quantitative estimate of drug-likeness (QED) is 0.703. The molecule has 15 heavy (non-hydrogen) atoms. The molecule has 0 fully saturated rings. The Hall–Kier alpha value is -0.800. The molecule has 1 rings (SSSR count). The first-order valence-electron chi connectivity index (χ1n) is 5.62. The van der Waals surface area contributed by atoms with Crippen molar-refractivity contribution in [2.45, 2.75) is 39.8 Å². The highest BCUT2D eigenvalue weighted by Crippen LogP contribution is 2.07. The monoisotopic (exact) mass is 211 g/mol. The molecule has 0 bridgehead atoms. The van der Waals surface area contributed by atoms with Gasteiger partial charge in [-0.3, -0.25) is 0 Å². The molecule has 0 unspecified atom stereocenters. The van der Waals surface area contributed by atoms with Crippen LogP contribution in [-0.2, 0) is 17.7 Å². The number of hydrogen-bond acceptors (Lipinski definition) is 3. The molecule has 3 nitrogen and oxygen atoms in total. The maximum Gasteiger partial charge on any atom is 0.117 e. The summed E-state index contributed by atoms with van der Waals surface area (Å²) in [4.78, 5) is 0. The minimum atomic E-state index is 0.308. The van der Waals surface area contributed by atoms with Gasteiger partial charge in [-0.1, -0.05) is 6.92 Å². The fourth-order valence-corrected chi connectivity index (χ4v) is 1.29. The second kappa shape index (κ2) is 6.64. The summed E-state index contributed by atoms with van der Waals surface area (Å²) in [6.07, 6.45) is 1.26. The number of ether oxygens (including phenoxy) is 1. The summed E-state index contributed by atoms with van der Waals surface area (Å²) in [7, 11) is 0. The topological polar surface area (TPSA) is 34.4 Å². The zero-order chi connectivity index (χ0) is 11.1. The van der Waals surface area contributed by atoms with Gasteiger partial charge in [-0.15, -0.1) is 0 Å². The van der Waals surface area contributed by atoms with Crippen molar-refractivity contribution in [3.63, 3.8) is 0 Å². The van der Waals surface area contributed by atoms with Crippen molar-refractivity contribution < 1.29 is 9.15 Å².